The number of hydrogen-bond donors (Lipinski definition) is 0. The number of nitrogens with zero attached hydrogens (tertiary/aromatic N) is 1. The Balaban J connectivity index is 1.37. The van der Waals surface area contributed by atoms with E-state index in [9.17, 15) is 0 Å². The first-order valence-electron chi connectivity index (χ1n) is 9.81. The van der Waals surface area contributed by atoms with Gasteiger partial charge >= 0.3 is 0 Å². The van der Waals surface area contributed by atoms with Crippen molar-refractivity contribution in [2.45, 2.75) is 0 Å². The molecule has 3 heteroatoms. The maximum absolute atomic E-state index is 5.90. The summed E-state index contributed by atoms with van der Waals surface area (Å²) in [4.78, 5) is 4.62. The summed E-state index contributed by atoms with van der Waals surface area (Å²) < 4.78 is 11.8. The second kappa shape index (κ2) is 8.10. The van der Waals surface area contributed by atoms with Crippen molar-refractivity contribution in [3.8, 4) is 22.6 Å². The summed E-state index contributed by atoms with van der Waals surface area (Å²) in [6, 6.07) is 34.0. The standard InChI is InChI=1S/C27H19NO2/c1-3-9-21(10-4-1)22-15-16-26-25(19-22)28-27(30-26)17-14-20-8-7-13-24(18-20)29-23-11-5-2-6-12-23/h1-19H. The van der Waals surface area contributed by atoms with Crippen molar-refractivity contribution in [2.75, 3.05) is 0 Å². The van der Waals surface area contributed by atoms with E-state index in [-0.39, 0.29) is 0 Å². The Bertz CT molecular complexity index is 1300. The molecule has 1 aromatic heterocycles. The highest BCUT2D eigenvalue weighted by Gasteiger charge is 2.06. The summed E-state index contributed by atoms with van der Waals surface area (Å²) in [5.41, 5.74) is 4.91. The smallest absolute Gasteiger partial charge is 0.220 e. The maximum Gasteiger partial charge on any atom is 0.220 e. The molecule has 0 spiro atoms. The van der Waals surface area contributed by atoms with E-state index in [1.807, 2.05) is 91.0 Å². The van der Waals surface area contributed by atoms with Gasteiger partial charge in [0.25, 0.3) is 0 Å². The van der Waals surface area contributed by atoms with Crippen molar-refractivity contribution in [3.63, 3.8) is 0 Å². The summed E-state index contributed by atoms with van der Waals surface area (Å²) in [6.07, 6.45) is 3.85. The van der Waals surface area contributed by atoms with E-state index in [1.165, 1.54) is 0 Å². The lowest BCUT2D eigenvalue weighted by molar-refractivity contribution is 0.482. The van der Waals surface area contributed by atoms with Crippen molar-refractivity contribution < 1.29 is 9.15 Å². The van der Waals surface area contributed by atoms with Crippen LogP contribution in [-0.2, 0) is 0 Å². The lowest BCUT2D eigenvalue weighted by atomic mass is 10.1. The molecule has 0 radical (unpaired) electrons. The minimum atomic E-state index is 0.574. The van der Waals surface area contributed by atoms with Crippen molar-refractivity contribution in [1.29, 1.82) is 0 Å². The average molecular weight is 389 g/mol. The molecule has 0 amide bonds. The summed E-state index contributed by atoms with van der Waals surface area (Å²) in [7, 11) is 0. The number of para-hydroxylation sites is 1. The highest BCUT2D eigenvalue weighted by molar-refractivity contribution is 5.82. The lowest BCUT2D eigenvalue weighted by Gasteiger charge is -2.05. The fourth-order valence-electron chi connectivity index (χ4n) is 3.30. The van der Waals surface area contributed by atoms with Crippen LogP contribution in [-0.4, -0.2) is 4.98 Å². The molecule has 3 nitrogen and oxygen atoms in total. The van der Waals surface area contributed by atoms with E-state index in [0.29, 0.717) is 5.89 Å². The van der Waals surface area contributed by atoms with E-state index >= 15 is 0 Å². The van der Waals surface area contributed by atoms with Gasteiger partial charge in [0.15, 0.2) is 5.58 Å². The largest absolute Gasteiger partial charge is 0.457 e. The van der Waals surface area contributed by atoms with Gasteiger partial charge in [-0.1, -0.05) is 66.7 Å². The molecule has 0 bridgehead atoms. The number of ether oxygens (including phenoxy) is 1. The Morgan fingerprint density at radius 2 is 1.40 bits per heavy atom. The van der Waals surface area contributed by atoms with Crippen LogP contribution in [0, 0.1) is 0 Å². The zero-order valence-electron chi connectivity index (χ0n) is 16.2. The summed E-state index contributed by atoms with van der Waals surface area (Å²) >= 11 is 0. The van der Waals surface area contributed by atoms with Gasteiger partial charge < -0.3 is 9.15 Å². The van der Waals surface area contributed by atoms with E-state index in [1.54, 1.807) is 0 Å². The van der Waals surface area contributed by atoms with Crippen LogP contribution < -0.4 is 4.74 Å². The zero-order valence-corrected chi connectivity index (χ0v) is 16.2. The average Bonchev–Trinajstić information content (AvgIpc) is 3.21. The van der Waals surface area contributed by atoms with E-state index in [4.69, 9.17) is 9.15 Å². The van der Waals surface area contributed by atoms with Crippen molar-refractivity contribution in [3.05, 3.63) is 115 Å². The van der Waals surface area contributed by atoms with Crippen LogP contribution in [0.1, 0.15) is 11.5 Å². The van der Waals surface area contributed by atoms with Crippen LogP contribution in [0.4, 0.5) is 0 Å². The molecule has 5 aromatic rings. The predicted octanol–water partition coefficient (Wildman–Crippen LogP) is 7.46. The van der Waals surface area contributed by atoms with Crippen molar-refractivity contribution in [2.24, 2.45) is 0 Å². The van der Waals surface area contributed by atoms with Gasteiger partial charge in [0.05, 0.1) is 0 Å². The summed E-state index contributed by atoms with van der Waals surface area (Å²) in [5.74, 6) is 2.17. The predicted molar refractivity (Wildman–Crippen MR) is 121 cm³/mol. The van der Waals surface area contributed by atoms with Crippen LogP contribution in [0.2, 0.25) is 0 Å². The molecular formula is C27H19NO2. The maximum atomic E-state index is 5.90. The molecule has 0 fully saturated rings. The molecule has 0 aliphatic carbocycles. The second-order valence-corrected chi connectivity index (χ2v) is 6.92. The highest BCUT2D eigenvalue weighted by Crippen LogP contribution is 2.26. The summed E-state index contributed by atoms with van der Waals surface area (Å²) in [6.45, 7) is 0. The molecule has 0 saturated heterocycles. The molecule has 0 saturated carbocycles. The molecule has 30 heavy (non-hydrogen) atoms. The van der Waals surface area contributed by atoms with Crippen molar-refractivity contribution in [1.82, 2.24) is 4.98 Å². The monoisotopic (exact) mass is 389 g/mol. The number of rotatable bonds is 5. The number of fused-ring (bicyclic) bond motifs is 1. The molecule has 5 rings (SSSR count). The van der Waals surface area contributed by atoms with Gasteiger partial charge in [0, 0.05) is 6.08 Å². The molecule has 0 N–H and O–H groups in total. The first-order chi connectivity index (χ1) is 14.8. The first-order valence-corrected chi connectivity index (χ1v) is 9.81. The van der Waals surface area contributed by atoms with Gasteiger partial charge in [-0.25, -0.2) is 4.98 Å². The van der Waals surface area contributed by atoms with Crippen molar-refractivity contribution >= 4 is 23.3 Å². The van der Waals surface area contributed by atoms with E-state index in [0.717, 1.165) is 39.3 Å². The zero-order chi connectivity index (χ0) is 20.2. The molecular weight excluding hydrogens is 370 g/mol. The Kier molecular flexibility index (Phi) is 4.84. The van der Waals surface area contributed by atoms with Gasteiger partial charge in [0.1, 0.15) is 17.0 Å². The minimum Gasteiger partial charge on any atom is -0.457 e. The molecule has 0 atom stereocenters. The molecule has 0 aliphatic heterocycles. The molecule has 144 valence electrons. The third-order valence-electron chi connectivity index (χ3n) is 4.77. The lowest BCUT2D eigenvalue weighted by Crippen LogP contribution is -1.84. The topological polar surface area (TPSA) is 35.3 Å². The quantitative estimate of drug-likeness (QED) is 0.313. The minimum absolute atomic E-state index is 0.574. The number of hydrogen-bond acceptors (Lipinski definition) is 3. The number of aromatic nitrogens is 1. The third kappa shape index (κ3) is 4.01. The Morgan fingerprint density at radius 3 is 2.23 bits per heavy atom. The molecule has 4 aromatic carbocycles. The normalized spacial score (nSPS) is 11.2. The Labute approximate surface area is 174 Å². The Hall–Kier alpha value is -4.11. The van der Waals surface area contributed by atoms with Crippen LogP contribution in [0.25, 0.3) is 34.4 Å². The van der Waals surface area contributed by atoms with Gasteiger partial charge in [0.2, 0.25) is 5.89 Å². The third-order valence-corrected chi connectivity index (χ3v) is 4.77. The van der Waals surface area contributed by atoms with Gasteiger partial charge in [-0.3, -0.25) is 0 Å². The van der Waals surface area contributed by atoms with Crippen LogP contribution in [0.3, 0.4) is 0 Å². The SMILES string of the molecule is C(=Cc1nc2cc(-c3ccccc3)ccc2o1)c1cccc(Oc2ccccc2)c1. The van der Waals surface area contributed by atoms with E-state index < -0.39 is 0 Å². The second-order valence-electron chi connectivity index (χ2n) is 6.92. The van der Waals surface area contributed by atoms with Crippen LogP contribution in [0.15, 0.2) is 108 Å². The fraction of sp³-hybridized carbons (Fsp3) is 0. The number of benzene rings is 4. The summed E-state index contributed by atoms with van der Waals surface area (Å²) in [5, 5.41) is 0. The van der Waals surface area contributed by atoms with Gasteiger partial charge in [-0.05, 0) is 59.2 Å². The van der Waals surface area contributed by atoms with Crippen LogP contribution >= 0.6 is 0 Å². The highest BCUT2D eigenvalue weighted by atomic mass is 16.5. The van der Waals surface area contributed by atoms with E-state index in [2.05, 4.69) is 29.2 Å². The molecule has 0 aliphatic rings. The number of oxazole rings is 1. The Morgan fingerprint density at radius 1 is 0.633 bits per heavy atom. The van der Waals surface area contributed by atoms with Gasteiger partial charge in [-0.2, -0.15) is 0 Å². The fourth-order valence-corrected chi connectivity index (χ4v) is 3.30. The molecule has 0 unspecified atom stereocenters. The van der Waals surface area contributed by atoms with Gasteiger partial charge in [-0.15, -0.1) is 0 Å². The van der Waals surface area contributed by atoms with Crippen LogP contribution in [0.5, 0.6) is 11.5 Å². The molecule has 1 heterocycles. The first kappa shape index (κ1) is 18.0.